The minimum absolute atomic E-state index is 0. The number of aromatic nitrogens is 2. The molecule has 0 bridgehead atoms. The van der Waals surface area contributed by atoms with Crippen LogP contribution in [0.3, 0.4) is 0 Å². The first-order valence-corrected chi connectivity index (χ1v) is 6.94. The van der Waals surface area contributed by atoms with Crippen LogP contribution in [-0.4, -0.2) is 26.2 Å². The lowest BCUT2D eigenvalue weighted by atomic mass is 10.1. The van der Waals surface area contributed by atoms with Gasteiger partial charge in [-0.2, -0.15) is 5.10 Å². The third-order valence-electron chi connectivity index (χ3n) is 3.28. The number of imidazole rings is 1. The average molecular weight is 311 g/mol. The monoisotopic (exact) mass is 310 g/mol. The number of rotatable bonds is 1. The van der Waals surface area contributed by atoms with Crippen LogP contribution in [0.2, 0.25) is 0 Å². The molecule has 1 atom stereocenters. The summed E-state index contributed by atoms with van der Waals surface area (Å²) < 4.78 is 0. The molecule has 7 heteroatoms. The molecule has 0 spiro atoms. The maximum atomic E-state index is 11.2. The van der Waals surface area contributed by atoms with Crippen molar-refractivity contribution in [3.05, 3.63) is 29.1 Å². The van der Waals surface area contributed by atoms with Gasteiger partial charge in [-0.1, -0.05) is 11.8 Å². The van der Waals surface area contributed by atoms with E-state index in [1.807, 2.05) is 6.92 Å². The van der Waals surface area contributed by atoms with Gasteiger partial charge in [0.15, 0.2) is 5.82 Å². The number of halogens is 1. The van der Waals surface area contributed by atoms with Gasteiger partial charge in [0.05, 0.1) is 16.3 Å². The molecule has 2 heterocycles. The Morgan fingerprint density at radius 2 is 1.95 bits per heavy atom. The number of nitrogens with one attached hydrogen (secondary N) is 2. The largest absolute Gasteiger partial charge is 0.337 e. The topological polar surface area (TPSA) is 70.1 Å². The van der Waals surface area contributed by atoms with Crippen molar-refractivity contribution in [2.24, 2.45) is 5.10 Å². The standard InChI is InChI=1S/C13H14N4OS.ClH/c1-6-4-9-10(5-7(6)2)15-12(14-9)11-8(3)19-13(18)17-16-11;/h4-5,8H,1-3H3,(H,14,15)(H,17,18);1H. The number of hydrogen-bond acceptors (Lipinski definition) is 4. The van der Waals surface area contributed by atoms with Crippen molar-refractivity contribution in [2.45, 2.75) is 26.0 Å². The van der Waals surface area contributed by atoms with Crippen LogP contribution in [0, 0.1) is 13.8 Å². The van der Waals surface area contributed by atoms with Crippen LogP contribution in [0.1, 0.15) is 23.9 Å². The molecule has 0 radical (unpaired) electrons. The summed E-state index contributed by atoms with van der Waals surface area (Å²) in [5.41, 5.74) is 7.62. The molecule has 1 unspecified atom stereocenters. The third-order valence-corrected chi connectivity index (χ3v) is 4.16. The second-order valence-corrected chi connectivity index (χ2v) is 6.01. The van der Waals surface area contributed by atoms with E-state index in [1.165, 1.54) is 22.9 Å². The number of thioether (sulfide) groups is 1. The highest BCUT2D eigenvalue weighted by atomic mass is 35.5. The maximum absolute atomic E-state index is 11.2. The van der Waals surface area contributed by atoms with Gasteiger partial charge in [0, 0.05) is 0 Å². The Balaban J connectivity index is 0.00000147. The zero-order valence-corrected chi connectivity index (χ0v) is 13.0. The quantitative estimate of drug-likeness (QED) is 0.850. The van der Waals surface area contributed by atoms with Gasteiger partial charge in [-0.05, 0) is 44.0 Å². The van der Waals surface area contributed by atoms with Crippen LogP contribution in [0.15, 0.2) is 17.2 Å². The Bertz CT molecular complexity index is 671. The summed E-state index contributed by atoms with van der Waals surface area (Å²) in [4.78, 5) is 19.1. The van der Waals surface area contributed by atoms with Crippen molar-refractivity contribution in [1.29, 1.82) is 0 Å². The number of hydrazone groups is 1. The highest BCUT2D eigenvalue weighted by Crippen LogP contribution is 2.23. The van der Waals surface area contributed by atoms with Gasteiger partial charge in [-0.15, -0.1) is 12.4 Å². The molecule has 0 fully saturated rings. The molecule has 2 N–H and O–H groups in total. The molecule has 1 amide bonds. The molecule has 0 saturated heterocycles. The lowest BCUT2D eigenvalue weighted by molar-refractivity contribution is 0.261. The van der Waals surface area contributed by atoms with E-state index in [2.05, 4.69) is 46.5 Å². The molecule has 1 aromatic carbocycles. The van der Waals surface area contributed by atoms with E-state index in [-0.39, 0.29) is 22.9 Å². The van der Waals surface area contributed by atoms with E-state index < -0.39 is 0 Å². The van der Waals surface area contributed by atoms with Crippen LogP contribution in [-0.2, 0) is 0 Å². The molecule has 106 valence electrons. The average Bonchev–Trinajstić information content (AvgIpc) is 2.72. The van der Waals surface area contributed by atoms with E-state index in [0.29, 0.717) is 0 Å². The number of amides is 1. The predicted octanol–water partition coefficient (Wildman–Crippen LogP) is 3.15. The van der Waals surface area contributed by atoms with Crippen LogP contribution >= 0.6 is 24.2 Å². The van der Waals surface area contributed by atoms with Crippen LogP contribution in [0.25, 0.3) is 11.0 Å². The lowest BCUT2D eigenvalue weighted by Crippen LogP contribution is -2.30. The summed E-state index contributed by atoms with van der Waals surface area (Å²) in [6, 6.07) is 4.14. The van der Waals surface area contributed by atoms with E-state index in [0.717, 1.165) is 22.6 Å². The first-order valence-electron chi connectivity index (χ1n) is 6.06. The van der Waals surface area contributed by atoms with Crippen LogP contribution in [0.5, 0.6) is 0 Å². The molecular weight excluding hydrogens is 296 g/mol. The first-order chi connectivity index (χ1) is 9.04. The van der Waals surface area contributed by atoms with E-state index in [9.17, 15) is 4.79 Å². The first kappa shape index (κ1) is 14.9. The molecule has 1 aliphatic heterocycles. The summed E-state index contributed by atoms with van der Waals surface area (Å²) in [7, 11) is 0. The highest BCUT2D eigenvalue weighted by molar-refractivity contribution is 8.14. The lowest BCUT2D eigenvalue weighted by Gasteiger charge is -2.16. The molecule has 0 aliphatic carbocycles. The Morgan fingerprint density at radius 1 is 1.25 bits per heavy atom. The summed E-state index contributed by atoms with van der Waals surface area (Å²) in [5, 5.41) is 3.98. The van der Waals surface area contributed by atoms with Gasteiger partial charge in [0.25, 0.3) is 5.24 Å². The van der Waals surface area contributed by atoms with Crippen molar-refractivity contribution in [3.63, 3.8) is 0 Å². The zero-order chi connectivity index (χ0) is 13.6. The highest BCUT2D eigenvalue weighted by Gasteiger charge is 2.24. The third kappa shape index (κ3) is 2.53. The number of aromatic amines is 1. The molecular formula is C13H15ClN4OS. The number of carbonyl (C=O) groups excluding carboxylic acids is 1. The van der Waals surface area contributed by atoms with Crippen LogP contribution in [0.4, 0.5) is 4.79 Å². The summed E-state index contributed by atoms with van der Waals surface area (Å²) >= 11 is 1.22. The normalized spacial score (nSPS) is 18.4. The molecule has 1 aliphatic rings. The number of benzene rings is 1. The smallest absolute Gasteiger partial charge is 0.299 e. The van der Waals surface area contributed by atoms with Gasteiger partial charge in [-0.3, -0.25) is 4.79 Å². The van der Waals surface area contributed by atoms with Crippen molar-refractivity contribution < 1.29 is 4.79 Å². The number of H-pyrrole nitrogens is 1. The van der Waals surface area contributed by atoms with E-state index >= 15 is 0 Å². The van der Waals surface area contributed by atoms with Crippen molar-refractivity contribution >= 4 is 46.2 Å². The van der Waals surface area contributed by atoms with E-state index in [4.69, 9.17) is 0 Å². The van der Waals surface area contributed by atoms with Gasteiger partial charge < -0.3 is 4.98 Å². The van der Waals surface area contributed by atoms with Crippen molar-refractivity contribution in [1.82, 2.24) is 15.4 Å². The fourth-order valence-electron chi connectivity index (χ4n) is 2.08. The minimum Gasteiger partial charge on any atom is -0.337 e. The minimum atomic E-state index is -0.126. The number of nitrogens with zero attached hydrogens (tertiary/aromatic N) is 2. The van der Waals surface area contributed by atoms with Gasteiger partial charge in [0.2, 0.25) is 0 Å². The van der Waals surface area contributed by atoms with Gasteiger partial charge in [0.1, 0.15) is 5.71 Å². The fraction of sp³-hybridized carbons (Fsp3) is 0.308. The SMILES string of the molecule is Cc1cc2nc(C3=NNC(=O)SC3C)[nH]c2cc1C.Cl. The van der Waals surface area contributed by atoms with Crippen molar-refractivity contribution in [2.75, 3.05) is 0 Å². The Labute approximate surface area is 127 Å². The van der Waals surface area contributed by atoms with Crippen LogP contribution < -0.4 is 5.43 Å². The van der Waals surface area contributed by atoms with E-state index in [1.54, 1.807) is 0 Å². The molecule has 5 nitrogen and oxygen atoms in total. The molecule has 1 aromatic heterocycles. The second kappa shape index (κ2) is 5.46. The number of hydrogen-bond donors (Lipinski definition) is 2. The maximum Gasteiger partial charge on any atom is 0.299 e. The molecule has 0 saturated carbocycles. The Kier molecular flexibility index (Phi) is 4.06. The Morgan fingerprint density at radius 3 is 2.65 bits per heavy atom. The van der Waals surface area contributed by atoms with Crippen molar-refractivity contribution in [3.8, 4) is 0 Å². The summed E-state index contributed by atoms with van der Waals surface area (Å²) in [6.07, 6.45) is 0. The Hall–Kier alpha value is -1.53. The number of carbonyl (C=O) groups is 1. The molecule has 20 heavy (non-hydrogen) atoms. The summed E-state index contributed by atoms with van der Waals surface area (Å²) in [6.45, 7) is 6.10. The predicted molar refractivity (Wildman–Crippen MR) is 84.9 cm³/mol. The van der Waals surface area contributed by atoms with Gasteiger partial charge >= 0.3 is 0 Å². The summed E-state index contributed by atoms with van der Waals surface area (Å²) in [5.74, 6) is 0.722. The molecule has 2 aromatic rings. The second-order valence-electron chi connectivity index (χ2n) is 4.70. The number of aryl methyl sites for hydroxylation is 2. The van der Waals surface area contributed by atoms with Gasteiger partial charge in [-0.25, -0.2) is 10.4 Å². The zero-order valence-electron chi connectivity index (χ0n) is 11.4. The number of fused-ring (bicyclic) bond motifs is 1. The molecule has 3 rings (SSSR count). The fourth-order valence-corrected chi connectivity index (χ4v) is 2.77.